The summed E-state index contributed by atoms with van der Waals surface area (Å²) in [5, 5.41) is 5.06. The Bertz CT molecular complexity index is 658. The first-order valence-electron chi connectivity index (χ1n) is 6.77. The van der Waals surface area contributed by atoms with Crippen LogP contribution in [0.25, 0.3) is 0 Å². The van der Waals surface area contributed by atoms with Crippen LogP contribution in [0.15, 0.2) is 22.7 Å². The summed E-state index contributed by atoms with van der Waals surface area (Å²) in [6, 6.07) is 5.89. The summed E-state index contributed by atoms with van der Waals surface area (Å²) >= 11 is 3.50. The molecule has 1 aliphatic rings. The largest absolute Gasteiger partial charge is 0.311 e. The molecule has 2 rings (SSSR count). The maximum atomic E-state index is 12.1. The molecule has 2 N–H and O–H groups in total. The lowest BCUT2D eigenvalue weighted by atomic mass is 10.0. The molecule has 1 fully saturated rings. The van der Waals surface area contributed by atoms with E-state index in [0.29, 0.717) is 12.5 Å². The lowest BCUT2D eigenvalue weighted by Gasteiger charge is -2.19. The van der Waals surface area contributed by atoms with Crippen molar-refractivity contribution in [2.45, 2.75) is 26.2 Å². The molecule has 1 heterocycles. The second-order valence-corrected chi connectivity index (χ2v) is 8.28. The Balaban J connectivity index is 2.21. The van der Waals surface area contributed by atoms with E-state index in [9.17, 15) is 13.2 Å². The Hall–Kier alpha value is -0.920. The summed E-state index contributed by atoms with van der Waals surface area (Å²) in [6.45, 7) is 4.59. The first-order chi connectivity index (χ1) is 9.67. The zero-order valence-electron chi connectivity index (χ0n) is 12.0. The number of primary sulfonamides is 1. The average molecular weight is 375 g/mol. The van der Waals surface area contributed by atoms with Crippen molar-refractivity contribution in [3.63, 3.8) is 0 Å². The lowest BCUT2D eigenvalue weighted by Crippen LogP contribution is -2.27. The molecule has 0 aliphatic carbocycles. The fourth-order valence-electron chi connectivity index (χ4n) is 2.56. The van der Waals surface area contributed by atoms with Gasteiger partial charge in [0.2, 0.25) is 15.9 Å². The highest BCUT2D eigenvalue weighted by atomic mass is 79.9. The lowest BCUT2D eigenvalue weighted by molar-refractivity contribution is -0.117. The molecular weight excluding hydrogens is 356 g/mol. The van der Waals surface area contributed by atoms with Crippen molar-refractivity contribution >= 4 is 37.5 Å². The summed E-state index contributed by atoms with van der Waals surface area (Å²) in [6.07, 6.45) is 0.217. The molecule has 5 nitrogen and oxygen atoms in total. The first-order valence-corrected chi connectivity index (χ1v) is 9.28. The van der Waals surface area contributed by atoms with E-state index >= 15 is 0 Å². The third-order valence-corrected chi connectivity index (χ3v) is 5.17. The van der Waals surface area contributed by atoms with Crippen molar-refractivity contribution in [2.75, 3.05) is 17.2 Å². The minimum atomic E-state index is -3.56. The molecule has 1 aromatic carbocycles. The molecule has 0 saturated carbocycles. The predicted molar refractivity (Wildman–Crippen MR) is 86.7 cm³/mol. The van der Waals surface area contributed by atoms with Crippen molar-refractivity contribution in [3.8, 4) is 0 Å². The minimum Gasteiger partial charge on any atom is -0.311 e. The smallest absolute Gasteiger partial charge is 0.227 e. The highest BCUT2D eigenvalue weighted by molar-refractivity contribution is 9.10. The number of anilines is 1. The number of carbonyl (C=O) groups is 1. The van der Waals surface area contributed by atoms with Crippen molar-refractivity contribution in [1.29, 1.82) is 0 Å². The second-order valence-electron chi connectivity index (χ2n) is 5.77. The molecule has 0 bridgehead atoms. The van der Waals surface area contributed by atoms with Gasteiger partial charge in [0.1, 0.15) is 0 Å². The van der Waals surface area contributed by atoms with Gasteiger partial charge in [-0.25, -0.2) is 13.6 Å². The third-order valence-electron chi connectivity index (χ3n) is 3.60. The standard InChI is InChI=1S/C14H19BrN2O3S/c1-9(2)11-3-4-13(12(15)6-11)17-7-10(5-14(17)18)8-21(16,19)20/h3-4,6,9-10H,5,7-8H2,1-2H3,(H2,16,19,20). The van der Waals surface area contributed by atoms with Crippen molar-refractivity contribution in [1.82, 2.24) is 0 Å². The number of hydrogen-bond donors (Lipinski definition) is 1. The Morgan fingerprint density at radius 2 is 2.10 bits per heavy atom. The van der Waals surface area contributed by atoms with Crippen LogP contribution in [0.2, 0.25) is 0 Å². The molecule has 1 aromatic rings. The molecule has 116 valence electrons. The highest BCUT2D eigenvalue weighted by Crippen LogP contribution is 2.33. The number of amides is 1. The predicted octanol–water partition coefficient (Wildman–Crippen LogP) is 2.21. The van der Waals surface area contributed by atoms with Gasteiger partial charge in [-0.3, -0.25) is 4.79 Å². The van der Waals surface area contributed by atoms with Gasteiger partial charge in [0, 0.05) is 23.4 Å². The van der Waals surface area contributed by atoms with Gasteiger partial charge in [-0.15, -0.1) is 0 Å². The van der Waals surface area contributed by atoms with Crippen LogP contribution >= 0.6 is 15.9 Å². The first kappa shape index (κ1) is 16.5. The van der Waals surface area contributed by atoms with Crippen LogP contribution in [0.5, 0.6) is 0 Å². The molecule has 0 aromatic heterocycles. The van der Waals surface area contributed by atoms with E-state index in [1.165, 1.54) is 5.56 Å². The number of nitrogens with zero attached hydrogens (tertiary/aromatic N) is 1. The van der Waals surface area contributed by atoms with E-state index in [2.05, 4.69) is 29.8 Å². The van der Waals surface area contributed by atoms with Gasteiger partial charge >= 0.3 is 0 Å². The molecule has 7 heteroatoms. The van der Waals surface area contributed by atoms with E-state index in [-0.39, 0.29) is 24.0 Å². The molecule has 0 radical (unpaired) electrons. The Morgan fingerprint density at radius 3 is 2.62 bits per heavy atom. The maximum Gasteiger partial charge on any atom is 0.227 e. The van der Waals surface area contributed by atoms with Crippen LogP contribution in [0, 0.1) is 5.92 Å². The quantitative estimate of drug-likeness (QED) is 0.876. The van der Waals surface area contributed by atoms with Crippen molar-refractivity contribution in [2.24, 2.45) is 11.1 Å². The van der Waals surface area contributed by atoms with Gasteiger partial charge < -0.3 is 4.90 Å². The summed E-state index contributed by atoms with van der Waals surface area (Å²) in [5.74, 6) is -0.0673. The Labute approximate surface area is 133 Å². The van der Waals surface area contributed by atoms with Crippen LogP contribution in [0.1, 0.15) is 31.7 Å². The van der Waals surface area contributed by atoms with E-state index in [0.717, 1.165) is 10.2 Å². The van der Waals surface area contributed by atoms with Crippen molar-refractivity contribution in [3.05, 3.63) is 28.2 Å². The number of benzene rings is 1. The molecule has 21 heavy (non-hydrogen) atoms. The highest BCUT2D eigenvalue weighted by Gasteiger charge is 2.33. The fourth-order valence-corrected chi connectivity index (χ4v) is 4.05. The Morgan fingerprint density at radius 1 is 1.43 bits per heavy atom. The molecule has 0 spiro atoms. The molecular formula is C14H19BrN2O3S. The van der Waals surface area contributed by atoms with Crippen LogP contribution in [-0.2, 0) is 14.8 Å². The van der Waals surface area contributed by atoms with Gasteiger partial charge in [0.15, 0.2) is 0 Å². The van der Waals surface area contributed by atoms with Crippen molar-refractivity contribution < 1.29 is 13.2 Å². The average Bonchev–Trinajstić information content (AvgIpc) is 2.67. The van der Waals surface area contributed by atoms with Gasteiger partial charge in [-0.1, -0.05) is 19.9 Å². The fraction of sp³-hybridized carbons (Fsp3) is 0.500. The number of carbonyl (C=O) groups excluding carboxylic acids is 1. The number of halogens is 1. The SMILES string of the molecule is CC(C)c1ccc(N2CC(CS(N)(=O)=O)CC2=O)c(Br)c1. The minimum absolute atomic E-state index is 0.0679. The molecule has 1 saturated heterocycles. The van der Waals surface area contributed by atoms with E-state index in [1.54, 1.807) is 4.90 Å². The third kappa shape index (κ3) is 4.05. The second kappa shape index (κ2) is 6.06. The normalized spacial score (nSPS) is 19.6. The summed E-state index contributed by atoms with van der Waals surface area (Å²) < 4.78 is 23.2. The number of hydrogen-bond acceptors (Lipinski definition) is 3. The van der Waals surface area contributed by atoms with Crippen LogP contribution < -0.4 is 10.0 Å². The van der Waals surface area contributed by atoms with Gasteiger partial charge in [-0.2, -0.15) is 0 Å². The monoisotopic (exact) mass is 374 g/mol. The molecule has 1 atom stereocenters. The summed E-state index contributed by atoms with van der Waals surface area (Å²) in [7, 11) is -3.56. The Kier molecular flexibility index (Phi) is 4.75. The topological polar surface area (TPSA) is 80.5 Å². The summed E-state index contributed by atoms with van der Waals surface area (Å²) in [5.41, 5.74) is 1.96. The van der Waals surface area contributed by atoms with Gasteiger partial charge in [0.25, 0.3) is 0 Å². The zero-order valence-corrected chi connectivity index (χ0v) is 14.4. The van der Waals surface area contributed by atoms with Crippen LogP contribution in [0.4, 0.5) is 5.69 Å². The number of rotatable bonds is 4. The number of nitrogens with two attached hydrogens (primary N) is 1. The van der Waals surface area contributed by atoms with Crippen LogP contribution in [0.3, 0.4) is 0 Å². The zero-order chi connectivity index (χ0) is 15.8. The van der Waals surface area contributed by atoms with Gasteiger partial charge in [-0.05, 0) is 39.5 Å². The van der Waals surface area contributed by atoms with E-state index in [1.807, 2.05) is 18.2 Å². The van der Waals surface area contributed by atoms with Gasteiger partial charge in [0.05, 0.1) is 11.4 Å². The van der Waals surface area contributed by atoms with E-state index < -0.39 is 10.0 Å². The number of sulfonamides is 1. The molecule has 1 aliphatic heterocycles. The van der Waals surface area contributed by atoms with Crippen LogP contribution in [-0.4, -0.2) is 26.6 Å². The maximum absolute atomic E-state index is 12.1. The molecule has 1 unspecified atom stereocenters. The van der Waals surface area contributed by atoms with E-state index in [4.69, 9.17) is 5.14 Å². The summed E-state index contributed by atoms with van der Waals surface area (Å²) in [4.78, 5) is 13.7. The molecule has 1 amide bonds.